The van der Waals surface area contributed by atoms with Crippen molar-refractivity contribution in [3.05, 3.63) is 69.7 Å². The molecule has 20 heavy (non-hydrogen) atoms. The summed E-state index contributed by atoms with van der Waals surface area (Å²) in [5, 5.41) is 0.611. The van der Waals surface area contributed by atoms with Gasteiger partial charge in [-0.05, 0) is 46.7 Å². The fourth-order valence-electron chi connectivity index (χ4n) is 2.26. The average Bonchev–Trinajstić information content (AvgIpc) is 2.37. The Labute approximate surface area is 131 Å². The largest absolute Gasteiger partial charge is 0.113 e. The van der Waals surface area contributed by atoms with Gasteiger partial charge in [0, 0.05) is 5.02 Å². The lowest BCUT2D eigenvalue weighted by molar-refractivity contribution is 0.590. The molecule has 0 fully saturated rings. The predicted molar refractivity (Wildman–Crippen MR) is 89.0 cm³/mol. The van der Waals surface area contributed by atoms with Crippen LogP contribution in [0.2, 0.25) is 5.02 Å². The number of alkyl halides is 1. The standard InChI is InChI=1S/C18H20Cl2/c1-12-11-15(19)9-10-16(12)17(20)13-5-7-14(8-6-13)18(2,3)4/h5-11,17H,1-4H3. The van der Waals surface area contributed by atoms with Gasteiger partial charge in [0.05, 0.1) is 5.38 Å². The van der Waals surface area contributed by atoms with Gasteiger partial charge in [0.15, 0.2) is 0 Å². The van der Waals surface area contributed by atoms with E-state index in [2.05, 4.69) is 45.0 Å². The van der Waals surface area contributed by atoms with Crippen molar-refractivity contribution in [3.8, 4) is 0 Å². The zero-order valence-corrected chi connectivity index (χ0v) is 13.9. The van der Waals surface area contributed by atoms with E-state index in [1.165, 1.54) is 5.56 Å². The van der Waals surface area contributed by atoms with Crippen LogP contribution in [0.4, 0.5) is 0 Å². The van der Waals surface area contributed by atoms with E-state index in [1.54, 1.807) is 0 Å². The van der Waals surface area contributed by atoms with Gasteiger partial charge in [-0.25, -0.2) is 0 Å². The Morgan fingerprint density at radius 1 is 0.950 bits per heavy atom. The highest BCUT2D eigenvalue weighted by Gasteiger charge is 2.16. The third-order valence-electron chi connectivity index (χ3n) is 3.57. The molecule has 0 aliphatic carbocycles. The van der Waals surface area contributed by atoms with Crippen LogP contribution in [0.25, 0.3) is 0 Å². The number of rotatable bonds is 2. The van der Waals surface area contributed by atoms with Crippen molar-refractivity contribution in [1.29, 1.82) is 0 Å². The molecule has 0 saturated heterocycles. The molecule has 0 aromatic heterocycles. The first-order chi connectivity index (χ1) is 9.29. The summed E-state index contributed by atoms with van der Waals surface area (Å²) in [5.74, 6) is 0. The molecule has 0 radical (unpaired) electrons. The maximum absolute atomic E-state index is 6.61. The van der Waals surface area contributed by atoms with E-state index in [0.29, 0.717) is 0 Å². The summed E-state index contributed by atoms with van der Waals surface area (Å²) in [7, 11) is 0. The minimum absolute atomic E-state index is 0.138. The highest BCUT2D eigenvalue weighted by atomic mass is 35.5. The molecule has 2 rings (SSSR count). The Balaban J connectivity index is 2.31. The van der Waals surface area contributed by atoms with E-state index in [4.69, 9.17) is 23.2 Å². The zero-order chi connectivity index (χ0) is 14.9. The molecular formula is C18H20Cl2. The Morgan fingerprint density at radius 2 is 1.55 bits per heavy atom. The lowest BCUT2D eigenvalue weighted by Crippen LogP contribution is -2.10. The van der Waals surface area contributed by atoms with Gasteiger partial charge in [-0.2, -0.15) is 0 Å². The van der Waals surface area contributed by atoms with E-state index in [9.17, 15) is 0 Å². The van der Waals surface area contributed by atoms with Crippen molar-refractivity contribution >= 4 is 23.2 Å². The summed E-state index contributed by atoms with van der Waals surface area (Å²) in [4.78, 5) is 0. The summed E-state index contributed by atoms with van der Waals surface area (Å²) in [6.07, 6.45) is 0. The predicted octanol–water partition coefficient (Wildman–Crippen LogP) is 6.27. The molecule has 1 unspecified atom stereocenters. The van der Waals surface area contributed by atoms with Gasteiger partial charge in [0.25, 0.3) is 0 Å². The molecule has 0 N–H and O–H groups in total. The van der Waals surface area contributed by atoms with Crippen LogP contribution in [-0.4, -0.2) is 0 Å². The average molecular weight is 307 g/mol. The molecule has 0 saturated carbocycles. The molecule has 1 atom stereocenters. The van der Waals surface area contributed by atoms with Crippen molar-refractivity contribution in [2.45, 2.75) is 38.5 Å². The fraction of sp³-hybridized carbons (Fsp3) is 0.333. The molecular weight excluding hydrogens is 287 g/mol. The van der Waals surface area contributed by atoms with Gasteiger partial charge in [-0.15, -0.1) is 11.6 Å². The lowest BCUT2D eigenvalue weighted by atomic mass is 9.86. The van der Waals surface area contributed by atoms with Crippen LogP contribution < -0.4 is 0 Å². The first kappa shape index (κ1) is 15.4. The molecule has 0 aliphatic rings. The van der Waals surface area contributed by atoms with Crippen LogP contribution >= 0.6 is 23.2 Å². The minimum atomic E-state index is -0.138. The maximum atomic E-state index is 6.61. The van der Waals surface area contributed by atoms with Crippen LogP contribution in [0.1, 0.15) is 48.4 Å². The van der Waals surface area contributed by atoms with Crippen LogP contribution in [0.3, 0.4) is 0 Å². The van der Waals surface area contributed by atoms with Crippen molar-refractivity contribution < 1.29 is 0 Å². The highest BCUT2D eigenvalue weighted by molar-refractivity contribution is 6.30. The van der Waals surface area contributed by atoms with Crippen molar-refractivity contribution in [3.63, 3.8) is 0 Å². The Hall–Kier alpha value is -0.980. The molecule has 106 valence electrons. The van der Waals surface area contributed by atoms with Crippen LogP contribution in [0.15, 0.2) is 42.5 Å². The molecule has 0 heterocycles. The van der Waals surface area contributed by atoms with E-state index in [1.807, 2.05) is 25.1 Å². The molecule has 0 spiro atoms. The number of aryl methyl sites for hydroxylation is 1. The Bertz CT molecular complexity index is 592. The second kappa shape index (κ2) is 5.79. The molecule has 2 aromatic carbocycles. The Morgan fingerprint density at radius 3 is 2.05 bits per heavy atom. The lowest BCUT2D eigenvalue weighted by Gasteiger charge is -2.20. The van der Waals surface area contributed by atoms with Gasteiger partial charge >= 0.3 is 0 Å². The van der Waals surface area contributed by atoms with Crippen molar-refractivity contribution in [1.82, 2.24) is 0 Å². The topological polar surface area (TPSA) is 0 Å². The molecule has 0 aliphatic heterocycles. The number of hydrogen-bond acceptors (Lipinski definition) is 0. The Kier molecular flexibility index (Phi) is 4.46. The molecule has 0 nitrogen and oxygen atoms in total. The first-order valence-electron chi connectivity index (χ1n) is 6.79. The van der Waals surface area contributed by atoms with Gasteiger partial charge in [-0.3, -0.25) is 0 Å². The molecule has 2 aromatic rings. The number of hydrogen-bond donors (Lipinski definition) is 0. The van der Waals surface area contributed by atoms with E-state index >= 15 is 0 Å². The minimum Gasteiger partial charge on any atom is -0.113 e. The maximum Gasteiger partial charge on any atom is 0.0838 e. The van der Waals surface area contributed by atoms with Gasteiger partial charge in [-0.1, -0.05) is 62.7 Å². The normalized spacial score (nSPS) is 13.3. The quantitative estimate of drug-likeness (QED) is 0.573. The van der Waals surface area contributed by atoms with Crippen molar-refractivity contribution in [2.24, 2.45) is 0 Å². The first-order valence-corrected chi connectivity index (χ1v) is 7.61. The van der Waals surface area contributed by atoms with Gasteiger partial charge in [0.1, 0.15) is 0 Å². The van der Waals surface area contributed by atoms with E-state index in [0.717, 1.165) is 21.7 Å². The fourth-order valence-corrected chi connectivity index (χ4v) is 2.87. The summed E-state index contributed by atoms with van der Waals surface area (Å²) >= 11 is 12.6. The second-order valence-electron chi connectivity index (χ2n) is 6.24. The summed E-state index contributed by atoms with van der Waals surface area (Å²) in [6.45, 7) is 8.68. The van der Waals surface area contributed by atoms with E-state index in [-0.39, 0.29) is 10.8 Å². The van der Waals surface area contributed by atoms with Crippen LogP contribution in [-0.2, 0) is 5.41 Å². The number of halogens is 2. The van der Waals surface area contributed by atoms with Crippen LogP contribution in [0, 0.1) is 6.92 Å². The summed E-state index contributed by atoms with van der Waals surface area (Å²) in [5.41, 5.74) is 4.83. The highest BCUT2D eigenvalue weighted by Crippen LogP contribution is 2.33. The SMILES string of the molecule is Cc1cc(Cl)ccc1C(Cl)c1ccc(C(C)(C)C)cc1. The van der Waals surface area contributed by atoms with Crippen LogP contribution in [0.5, 0.6) is 0 Å². The van der Waals surface area contributed by atoms with Gasteiger partial charge < -0.3 is 0 Å². The second-order valence-corrected chi connectivity index (χ2v) is 7.11. The zero-order valence-electron chi connectivity index (χ0n) is 12.4. The van der Waals surface area contributed by atoms with E-state index < -0.39 is 0 Å². The third-order valence-corrected chi connectivity index (χ3v) is 4.30. The third kappa shape index (κ3) is 3.37. The summed E-state index contributed by atoms with van der Waals surface area (Å²) < 4.78 is 0. The monoisotopic (exact) mass is 306 g/mol. The smallest absolute Gasteiger partial charge is 0.0838 e. The molecule has 2 heteroatoms. The van der Waals surface area contributed by atoms with Gasteiger partial charge in [0.2, 0.25) is 0 Å². The van der Waals surface area contributed by atoms with Crippen molar-refractivity contribution in [2.75, 3.05) is 0 Å². The molecule has 0 bridgehead atoms. The number of benzene rings is 2. The summed E-state index contributed by atoms with van der Waals surface area (Å²) in [6, 6.07) is 14.4. The molecule has 0 amide bonds.